The Hall–Kier alpha value is -5.48. The second-order valence-corrected chi connectivity index (χ2v) is 13.0. The molecule has 0 radical (unpaired) electrons. The number of benzene rings is 5. The Bertz CT molecular complexity index is 1900. The van der Waals surface area contributed by atoms with Crippen LogP contribution in [-0.2, 0) is 39.1 Å². The summed E-state index contributed by atoms with van der Waals surface area (Å²) in [6.45, 7) is 2.09. The summed E-state index contributed by atoms with van der Waals surface area (Å²) < 4.78 is 47.1. The molecule has 8 nitrogen and oxygen atoms in total. The molecule has 2 N–H and O–H groups in total. The highest BCUT2D eigenvalue weighted by atomic mass is 32.2. The van der Waals surface area contributed by atoms with Crippen LogP contribution < -0.4 is 14.8 Å². The minimum Gasteiger partial charge on any atom is -0.484 e. The fourth-order valence-electron chi connectivity index (χ4n) is 5.02. The average molecular weight is 666 g/mol. The topological polar surface area (TPSA) is 105 Å². The monoisotopic (exact) mass is 665 g/mol. The van der Waals surface area contributed by atoms with Gasteiger partial charge in [-0.1, -0.05) is 90.5 Å². The standard InChI is InChI=1S/C38H36FN3O5S/c1-28-12-14-30(15-13-28)25-40-38(44)36(24-29-8-4-2-5-9-29)42(26-31-10-6-3-7-11-31)37(43)27-47-34-20-22-35(23-21-34)48(45,46)41-33-18-16-32(39)17-19-33/h2-23,36,41H,24-27H2,1H3,(H,40,44). The van der Waals surface area contributed by atoms with Crippen molar-refractivity contribution < 1.29 is 27.1 Å². The first-order valence-electron chi connectivity index (χ1n) is 15.4. The lowest BCUT2D eigenvalue weighted by atomic mass is 10.0. The van der Waals surface area contributed by atoms with Gasteiger partial charge in [0.25, 0.3) is 15.9 Å². The minimum absolute atomic E-state index is 0.0376. The van der Waals surface area contributed by atoms with Crippen molar-refractivity contribution in [2.45, 2.75) is 37.4 Å². The largest absolute Gasteiger partial charge is 0.484 e. The first kappa shape index (κ1) is 33.9. The van der Waals surface area contributed by atoms with Gasteiger partial charge in [-0.05, 0) is 72.1 Å². The molecule has 0 saturated carbocycles. The molecule has 0 spiro atoms. The molecule has 0 saturated heterocycles. The first-order valence-corrected chi connectivity index (χ1v) is 16.9. The van der Waals surface area contributed by atoms with Gasteiger partial charge in [0, 0.05) is 25.2 Å². The third-order valence-corrected chi connectivity index (χ3v) is 9.04. The Labute approximate surface area is 280 Å². The number of hydrogen-bond acceptors (Lipinski definition) is 5. The zero-order valence-corrected chi connectivity index (χ0v) is 27.2. The van der Waals surface area contributed by atoms with Crippen LogP contribution >= 0.6 is 0 Å². The van der Waals surface area contributed by atoms with E-state index in [1.54, 1.807) is 0 Å². The van der Waals surface area contributed by atoms with Crippen LogP contribution in [0.2, 0.25) is 0 Å². The lowest BCUT2D eigenvalue weighted by Gasteiger charge is -2.31. The summed E-state index contributed by atoms with van der Waals surface area (Å²) in [6, 6.07) is 36.5. The van der Waals surface area contributed by atoms with Crippen molar-refractivity contribution in [3.8, 4) is 5.75 Å². The molecule has 1 atom stereocenters. The summed E-state index contributed by atoms with van der Waals surface area (Å²) in [5, 5.41) is 3.02. The van der Waals surface area contributed by atoms with E-state index in [9.17, 15) is 22.4 Å². The van der Waals surface area contributed by atoms with E-state index in [-0.39, 0.29) is 41.8 Å². The van der Waals surface area contributed by atoms with Crippen molar-refractivity contribution in [1.29, 1.82) is 0 Å². The smallest absolute Gasteiger partial charge is 0.261 e. The van der Waals surface area contributed by atoms with Gasteiger partial charge in [-0.15, -0.1) is 0 Å². The third kappa shape index (κ3) is 9.52. The normalized spacial score (nSPS) is 11.7. The summed E-state index contributed by atoms with van der Waals surface area (Å²) in [5.41, 5.74) is 4.01. The van der Waals surface area contributed by atoms with Gasteiger partial charge >= 0.3 is 0 Å². The maximum absolute atomic E-state index is 13.9. The number of carbonyl (C=O) groups excluding carboxylic acids is 2. The fourth-order valence-corrected chi connectivity index (χ4v) is 6.08. The number of rotatable bonds is 14. The van der Waals surface area contributed by atoms with E-state index in [1.807, 2.05) is 91.9 Å². The lowest BCUT2D eigenvalue weighted by molar-refractivity contribution is -0.142. The Balaban J connectivity index is 1.33. The van der Waals surface area contributed by atoms with Crippen LogP contribution in [0.25, 0.3) is 0 Å². The summed E-state index contributed by atoms with van der Waals surface area (Å²) in [7, 11) is -3.95. The minimum atomic E-state index is -3.95. The van der Waals surface area contributed by atoms with Crippen LogP contribution in [-0.4, -0.2) is 37.8 Å². The van der Waals surface area contributed by atoms with Gasteiger partial charge in [0.05, 0.1) is 4.90 Å². The van der Waals surface area contributed by atoms with E-state index >= 15 is 0 Å². The molecular weight excluding hydrogens is 629 g/mol. The molecule has 2 amide bonds. The van der Waals surface area contributed by atoms with Crippen LogP contribution in [0.5, 0.6) is 5.75 Å². The Kier molecular flexibility index (Phi) is 11.2. The van der Waals surface area contributed by atoms with E-state index in [2.05, 4.69) is 10.0 Å². The van der Waals surface area contributed by atoms with Gasteiger partial charge in [0.1, 0.15) is 17.6 Å². The van der Waals surface area contributed by atoms with E-state index < -0.39 is 27.8 Å². The molecule has 5 aromatic carbocycles. The maximum atomic E-state index is 13.9. The summed E-state index contributed by atoms with van der Waals surface area (Å²) in [6.07, 6.45) is 0.284. The summed E-state index contributed by atoms with van der Waals surface area (Å²) in [5.74, 6) is -0.926. The second kappa shape index (κ2) is 15.9. The quantitative estimate of drug-likeness (QED) is 0.146. The molecule has 10 heteroatoms. The average Bonchev–Trinajstić information content (AvgIpc) is 3.10. The van der Waals surface area contributed by atoms with Crippen LogP contribution in [0.4, 0.5) is 10.1 Å². The highest BCUT2D eigenvalue weighted by Gasteiger charge is 2.30. The predicted molar refractivity (Wildman–Crippen MR) is 183 cm³/mol. The molecule has 0 bridgehead atoms. The van der Waals surface area contributed by atoms with Gasteiger partial charge in [-0.3, -0.25) is 14.3 Å². The third-order valence-electron chi connectivity index (χ3n) is 7.65. The van der Waals surface area contributed by atoms with Gasteiger partial charge in [0.2, 0.25) is 5.91 Å². The summed E-state index contributed by atoms with van der Waals surface area (Å²) in [4.78, 5) is 29.2. The number of ether oxygens (including phenoxy) is 1. The number of amides is 2. The SMILES string of the molecule is Cc1ccc(CNC(=O)C(Cc2ccccc2)N(Cc2ccccc2)C(=O)COc2ccc(S(=O)(=O)Nc3ccc(F)cc3)cc2)cc1. The number of nitrogens with zero attached hydrogens (tertiary/aromatic N) is 1. The van der Waals surface area contributed by atoms with Crippen molar-refractivity contribution in [2.75, 3.05) is 11.3 Å². The molecular formula is C38H36FN3O5S. The lowest BCUT2D eigenvalue weighted by Crippen LogP contribution is -2.51. The molecule has 0 aliphatic rings. The van der Waals surface area contributed by atoms with Crippen molar-refractivity contribution in [3.05, 3.63) is 162 Å². The van der Waals surface area contributed by atoms with E-state index in [0.717, 1.165) is 34.4 Å². The van der Waals surface area contributed by atoms with E-state index in [1.165, 1.54) is 41.3 Å². The summed E-state index contributed by atoms with van der Waals surface area (Å²) >= 11 is 0. The van der Waals surface area contributed by atoms with Gasteiger partial charge < -0.3 is 15.0 Å². The molecule has 0 aliphatic heterocycles. The Morgan fingerprint density at radius 3 is 1.98 bits per heavy atom. The molecule has 1 unspecified atom stereocenters. The van der Waals surface area contributed by atoms with Gasteiger partial charge in [-0.2, -0.15) is 0 Å². The Morgan fingerprint density at radius 1 is 0.750 bits per heavy atom. The number of aryl methyl sites for hydroxylation is 1. The van der Waals surface area contributed by atoms with E-state index in [4.69, 9.17) is 4.74 Å². The van der Waals surface area contributed by atoms with Crippen molar-refractivity contribution >= 4 is 27.5 Å². The van der Waals surface area contributed by atoms with Crippen molar-refractivity contribution in [1.82, 2.24) is 10.2 Å². The van der Waals surface area contributed by atoms with Crippen LogP contribution in [0, 0.1) is 12.7 Å². The number of halogens is 1. The highest BCUT2D eigenvalue weighted by Crippen LogP contribution is 2.21. The zero-order chi connectivity index (χ0) is 33.9. The fraction of sp³-hybridized carbons (Fsp3) is 0.158. The Morgan fingerprint density at radius 2 is 1.35 bits per heavy atom. The molecule has 0 fully saturated rings. The van der Waals surface area contributed by atoms with Gasteiger partial charge in [-0.25, -0.2) is 12.8 Å². The predicted octanol–water partition coefficient (Wildman–Crippen LogP) is 6.27. The first-order chi connectivity index (χ1) is 23.2. The molecule has 5 aromatic rings. The molecule has 48 heavy (non-hydrogen) atoms. The van der Waals surface area contributed by atoms with Crippen LogP contribution in [0.15, 0.2) is 138 Å². The maximum Gasteiger partial charge on any atom is 0.261 e. The molecule has 0 aliphatic carbocycles. The number of nitrogens with one attached hydrogen (secondary N) is 2. The number of hydrogen-bond donors (Lipinski definition) is 2. The van der Waals surface area contributed by atoms with Crippen LogP contribution in [0.3, 0.4) is 0 Å². The number of anilines is 1. The second-order valence-electron chi connectivity index (χ2n) is 11.3. The number of sulfonamides is 1. The zero-order valence-electron chi connectivity index (χ0n) is 26.4. The number of carbonyl (C=O) groups is 2. The molecule has 0 aromatic heterocycles. The van der Waals surface area contributed by atoms with Crippen molar-refractivity contribution in [3.63, 3.8) is 0 Å². The van der Waals surface area contributed by atoms with Crippen molar-refractivity contribution in [2.24, 2.45) is 0 Å². The molecule has 246 valence electrons. The van der Waals surface area contributed by atoms with E-state index in [0.29, 0.717) is 6.54 Å². The molecule has 0 heterocycles. The molecule has 5 rings (SSSR count). The van der Waals surface area contributed by atoms with Gasteiger partial charge in [0.15, 0.2) is 6.61 Å². The highest BCUT2D eigenvalue weighted by molar-refractivity contribution is 7.92. The van der Waals surface area contributed by atoms with Crippen LogP contribution in [0.1, 0.15) is 22.3 Å².